The number of guanidine groups is 1. The summed E-state index contributed by atoms with van der Waals surface area (Å²) in [6.45, 7) is 3.03. The molecular weight excluding hydrogens is 400 g/mol. The van der Waals surface area contributed by atoms with Crippen molar-refractivity contribution in [2.24, 2.45) is 5.73 Å². The zero-order valence-electron chi connectivity index (χ0n) is 17.1. The fraction of sp³-hybridized carbons (Fsp3) is 0.364. The van der Waals surface area contributed by atoms with Gasteiger partial charge in [0.1, 0.15) is 6.04 Å². The molecule has 0 spiro atoms. The highest BCUT2D eigenvalue weighted by molar-refractivity contribution is 7.89. The summed E-state index contributed by atoms with van der Waals surface area (Å²) in [5.74, 6) is -0.980. The molecule has 2 aromatic carbocycles. The first kappa shape index (κ1) is 21.8. The molecular formula is C22H28N4O3S. The normalized spacial score (nSPS) is 15.4. The van der Waals surface area contributed by atoms with Crippen LogP contribution in [0.4, 0.5) is 0 Å². The molecule has 0 bridgehead atoms. The average molecular weight is 429 g/mol. The highest BCUT2D eigenvalue weighted by atomic mass is 32.2. The van der Waals surface area contributed by atoms with Gasteiger partial charge in [0.05, 0.1) is 4.90 Å². The molecule has 1 atom stereocenters. The summed E-state index contributed by atoms with van der Waals surface area (Å²) in [6, 6.07) is 14.4. The number of carbonyl (C=O) groups is 1. The number of likely N-dealkylation sites (tertiary alicyclic amines) is 1. The Balaban J connectivity index is 2.03. The molecule has 8 heteroatoms. The highest BCUT2D eigenvalue weighted by Gasteiger charge is 2.39. The monoisotopic (exact) mass is 428 g/mol. The number of rotatable bonds is 6. The second-order valence-corrected chi connectivity index (χ2v) is 9.41. The minimum Gasteiger partial charge on any atom is -0.369 e. The number of piperidine rings is 1. The summed E-state index contributed by atoms with van der Waals surface area (Å²) in [4.78, 5) is 15.1. The maximum Gasteiger partial charge on any atom is 0.267 e. The van der Waals surface area contributed by atoms with Crippen LogP contribution >= 0.6 is 0 Å². The zero-order chi connectivity index (χ0) is 21.7. The van der Waals surface area contributed by atoms with Gasteiger partial charge in [0.25, 0.3) is 10.0 Å². The van der Waals surface area contributed by atoms with E-state index in [9.17, 15) is 13.2 Å². The van der Waals surface area contributed by atoms with Gasteiger partial charge in [-0.1, -0.05) is 48.0 Å². The number of hydrogen-bond donors (Lipinski definition) is 2. The molecule has 7 nitrogen and oxygen atoms in total. The summed E-state index contributed by atoms with van der Waals surface area (Å²) < 4.78 is 27.7. The molecule has 0 aliphatic carbocycles. The van der Waals surface area contributed by atoms with Gasteiger partial charge < -0.3 is 10.6 Å². The predicted molar refractivity (Wildman–Crippen MR) is 116 cm³/mol. The van der Waals surface area contributed by atoms with Crippen molar-refractivity contribution in [3.63, 3.8) is 0 Å². The summed E-state index contributed by atoms with van der Waals surface area (Å²) >= 11 is 0. The molecule has 1 saturated heterocycles. The largest absolute Gasteiger partial charge is 0.369 e. The van der Waals surface area contributed by atoms with Crippen molar-refractivity contribution in [1.29, 1.82) is 5.41 Å². The Labute approximate surface area is 178 Å². The van der Waals surface area contributed by atoms with E-state index in [2.05, 4.69) is 0 Å². The molecule has 1 aliphatic heterocycles. The fourth-order valence-electron chi connectivity index (χ4n) is 3.72. The number of sulfonamides is 1. The summed E-state index contributed by atoms with van der Waals surface area (Å²) in [5, 5.41) is 8.06. The van der Waals surface area contributed by atoms with E-state index in [1.54, 1.807) is 17.0 Å². The molecule has 0 aromatic heterocycles. The standard InChI is InChI=1S/C22H28N4O3S/c1-17-10-12-19(13-11-17)30(28,29)26(22(23)24)20(16-18-8-4-2-5-9-18)21(27)25-14-6-3-7-15-25/h2,4-5,8-13,20H,3,6-7,14-16H2,1H3,(H3,23,24). The third-order valence-corrected chi connectivity index (χ3v) is 7.16. The molecule has 3 rings (SSSR count). The van der Waals surface area contributed by atoms with E-state index >= 15 is 0 Å². The van der Waals surface area contributed by atoms with Gasteiger partial charge in [-0.3, -0.25) is 10.2 Å². The van der Waals surface area contributed by atoms with Crippen LogP contribution in [-0.2, 0) is 21.2 Å². The van der Waals surface area contributed by atoms with Gasteiger partial charge in [-0.2, -0.15) is 0 Å². The maximum absolute atomic E-state index is 13.4. The van der Waals surface area contributed by atoms with E-state index in [4.69, 9.17) is 11.1 Å². The summed E-state index contributed by atoms with van der Waals surface area (Å²) in [6.07, 6.45) is 2.95. The second-order valence-electron chi connectivity index (χ2n) is 7.59. The minimum atomic E-state index is -4.18. The van der Waals surface area contributed by atoms with Gasteiger partial charge in [-0.25, -0.2) is 12.7 Å². The van der Waals surface area contributed by atoms with Crippen molar-refractivity contribution in [2.45, 2.75) is 43.5 Å². The fourth-order valence-corrected chi connectivity index (χ4v) is 5.19. The van der Waals surface area contributed by atoms with Crippen molar-refractivity contribution in [2.75, 3.05) is 13.1 Å². The number of benzene rings is 2. The number of nitrogens with zero attached hydrogens (tertiary/aromatic N) is 2. The number of carbonyl (C=O) groups excluding carboxylic acids is 1. The molecule has 0 radical (unpaired) electrons. The smallest absolute Gasteiger partial charge is 0.267 e. The van der Waals surface area contributed by atoms with Gasteiger partial charge in [0.2, 0.25) is 11.9 Å². The Morgan fingerprint density at radius 2 is 1.67 bits per heavy atom. The van der Waals surface area contributed by atoms with Crippen molar-refractivity contribution >= 4 is 21.9 Å². The Hall–Kier alpha value is -2.87. The van der Waals surface area contributed by atoms with Crippen LogP contribution in [0.5, 0.6) is 0 Å². The van der Waals surface area contributed by atoms with Crippen LogP contribution in [0.1, 0.15) is 30.4 Å². The van der Waals surface area contributed by atoms with Crippen molar-refractivity contribution < 1.29 is 13.2 Å². The van der Waals surface area contributed by atoms with E-state index in [1.165, 1.54) is 12.1 Å². The lowest BCUT2D eigenvalue weighted by atomic mass is 10.0. The summed E-state index contributed by atoms with van der Waals surface area (Å²) in [7, 11) is -4.18. The molecule has 2 aromatic rings. The number of amides is 1. The van der Waals surface area contributed by atoms with Crippen LogP contribution in [0.25, 0.3) is 0 Å². The number of hydrogen-bond acceptors (Lipinski definition) is 4. The highest BCUT2D eigenvalue weighted by Crippen LogP contribution is 2.23. The Kier molecular flexibility index (Phi) is 6.77. The van der Waals surface area contributed by atoms with E-state index < -0.39 is 22.0 Å². The second kappa shape index (κ2) is 9.30. The van der Waals surface area contributed by atoms with Crippen LogP contribution in [0.2, 0.25) is 0 Å². The molecule has 1 unspecified atom stereocenters. The average Bonchev–Trinajstić information content (AvgIpc) is 2.74. The van der Waals surface area contributed by atoms with Crippen molar-refractivity contribution in [3.8, 4) is 0 Å². The lowest BCUT2D eigenvalue weighted by Gasteiger charge is -2.35. The predicted octanol–water partition coefficient (Wildman–Crippen LogP) is 2.50. The van der Waals surface area contributed by atoms with Gasteiger partial charge in [-0.05, 0) is 43.9 Å². The van der Waals surface area contributed by atoms with E-state index in [0.717, 1.165) is 34.7 Å². The molecule has 0 saturated carbocycles. The molecule has 1 heterocycles. The lowest BCUT2D eigenvalue weighted by Crippen LogP contribution is -2.56. The Morgan fingerprint density at radius 1 is 1.07 bits per heavy atom. The van der Waals surface area contributed by atoms with Gasteiger partial charge in [-0.15, -0.1) is 0 Å². The first-order chi connectivity index (χ1) is 14.3. The topological polar surface area (TPSA) is 108 Å². The van der Waals surface area contributed by atoms with Crippen LogP contribution in [-0.4, -0.2) is 48.6 Å². The van der Waals surface area contributed by atoms with E-state index in [-0.39, 0.29) is 17.2 Å². The van der Waals surface area contributed by atoms with Gasteiger partial charge >= 0.3 is 0 Å². The third kappa shape index (κ3) is 4.81. The zero-order valence-corrected chi connectivity index (χ0v) is 17.9. The van der Waals surface area contributed by atoms with Crippen LogP contribution in [0.15, 0.2) is 59.5 Å². The summed E-state index contributed by atoms with van der Waals surface area (Å²) in [5.41, 5.74) is 7.49. The quantitative estimate of drug-likeness (QED) is 0.544. The lowest BCUT2D eigenvalue weighted by molar-refractivity contribution is -0.135. The van der Waals surface area contributed by atoms with Gasteiger partial charge in [0, 0.05) is 19.5 Å². The maximum atomic E-state index is 13.4. The first-order valence-corrected chi connectivity index (χ1v) is 11.5. The van der Waals surface area contributed by atoms with Crippen LogP contribution in [0.3, 0.4) is 0 Å². The molecule has 1 aliphatic rings. The van der Waals surface area contributed by atoms with E-state index in [0.29, 0.717) is 13.1 Å². The van der Waals surface area contributed by atoms with Crippen LogP contribution < -0.4 is 5.73 Å². The third-order valence-electron chi connectivity index (χ3n) is 5.32. The van der Waals surface area contributed by atoms with E-state index in [1.807, 2.05) is 37.3 Å². The first-order valence-electron chi connectivity index (χ1n) is 10.1. The van der Waals surface area contributed by atoms with Crippen molar-refractivity contribution in [1.82, 2.24) is 9.21 Å². The molecule has 1 amide bonds. The molecule has 3 N–H and O–H groups in total. The Bertz CT molecular complexity index is 985. The van der Waals surface area contributed by atoms with Crippen molar-refractivity contribution in [3.05, 3.63) is 65.7 Å². The Morgan fingerprint density at radius 3 is 2.23 bits per heavy atom. The number of nitrogens with one attached hydrogen (secondary N) is 1. The molecule has 1 fully saturated rings. The van der Waals surface area contributed by atoms with Crippen LogP contribution in [0, 0.1) is 12.3 Å². The minimum absolute atomic E-state index is 0.00723. The number of aryl methyl sites for hydroxylation is 1. The molecule has 160 valence electrons. The number of nitrogens with two attached hydrogens (primary N) is 1. The van der Waals surface area contributed by atoms with Gasteiger partial charge in [0.15, 0.2) is 0 Å². The molecule has 30 heavy (non-hydrogen) atoms. The SMILES string of the molecule is Cc1ccc(S(=O)(=O)N(C(=N)N)C(Cc2ccccc2)C(=O)N2CCCCC2)cc1.